The minimum Gasteiger partial charge on any atom is -0.378 e. The molecule has 0 amide bonds. The summed E-state index contributed by atoms with van der Waals surface area (Å²) < 4.78 is 0. The zero-order valence-electron chi connectivity index (χ0n) is 8.77. The van der Waals surface area contributed by atoms with Gasteiger partial charge in [0.15, 0.2) is 0 Å². The highest BCUT2D eigenvalue weighted by atomic mass is 32.1. The Labute approximate surface area is 97.6 Å². The van der Waals surface area contributed by atoms with Crippen LogP contribution in [0.2, 0.25) is 0 Å². The Bertz CT molecular complexity index is 527. The predicted molar refractivity (Wildman–Crippen MR) is 63.1 cm³/mol. The van der Waals surface area contributed by atoms with Gasteiger partial charge in [-0.15, -0.1) is 11.3 Å². The molecule has 0 atom stereocenters. The molecule has 0 aromatic carbocycles. The normalized spacial score (nSPS) is 9.75. The maximum atomic E-state index is 8.70. The number of nitriles is 1. The molecular formula is C11H10N4S. The molecule has 0 unspecified atom stereocenters. The van der Waals surface area contributed by atoms with E-state index in [0.29, 0.717) is 12.2 Å². The molecule has 0 aliphatic heterocycles. The second-order valence-corrected chi connectivity index (χ2v) is 4.22. The molecule has 0 radical (unpaired) electrons. The van der Waals surface area contributed by atoms with Crippen molar-refractivity contribution in [3.63, 3.8) is 0 Å². The number of aromatic nitrogens is 2. The molecule has 4 nitrogen and oxygen atoms in total. The van der Waals surface area contributed by atoms with Gasteiger partial charge in [0.05, 0.1) is 6.54 Å². The molecule has 0 saturated heterocycles. The Morgan fingerprint density at radius 2 is 2.44 bits per heavy atom. The maximum Gasteiger partial charge on any atom is 0.142 e. The summed E-state index contributed by atoms with van der Waals surface area (Å²) in [6, 6.07) is 5.56. The molecule has 0 bridgehead atoms. The average molecular weight is 230 g/mol. The van der Waals surface area contributed by atoms with Crippen molar-refractivity contribution >= 4 is 17.0 Å². The van der Waals surface area contributed by atoms with E-state index in [1.807, 2.05) is 24.4 Å². The van der Waals surface area contributed by atoms with Crippen molar-refractivity contribution < 1.29 is 0 Å². The fraction of sp³-hybridized carbons (Fsp3) is 0.182. The standard InChI is InChI=1S/C11H10N4S/c1-8-7-16-11(15-8)6-14-9-2-3-13-10(4-9)5-12/h2-4,7H,6H2,1H3,(H,13,14). The second kappa shape index (κ2) is 4.73. The summed E-state index contributed by atoms with van der Waals surface area (Å²) in [6.07, 6.45) is 1.62. The number of hydrogen-bond acceptors (Lipinski definition) is 5. The molecule has 0 spiro atoms. The molecule has 16 heavy (non-hydrogen) atoms. The Hall–Kier alpha value is -1.93. The van der Waals surface area contributed by atoms with Crippen molar-refractivity contribution in [2.75, 3.05) is 5.32 Å². The summed E-state index contributed by atoms with van der Waals surface area (Å²) >= 11 is 1.62. The average Bonchev–Trinajstić information content (AvgIpc) is 2.73. The lowest BCUT2D eigenvalue weighted by Crippen LogP contribution is -1.99. The van der Waals surface area contributed by atoms with E-state index in [4.69, 9.17) is 5.26 Å². The molecule has 0 aliphatic rings. The summed E-state index contributed by atoms with van der Waals surface area (Å²) in [4.78, 5) is 8.25. The van der Waals surface area contributed by atoms with E-state index in [1.54, 1.807) is 23.6 Å². The number of thiazole rings is 1. The number of aryl methyl sites for hydroxylation is 1. The van der Waals surface area contributed by atoms with Gasteiger partial charge in [0, 0.05) is 23.0 Å². The predicted octanol–water partition coefficient (Wildman–Crippen LogP) is 2.33. The van der Waals surface area contributed by atoms with Gasteiger partial charge in [-0.05, 0) is 19.1 Å². The third-order valence-corrected chi connectivity index (χ3v) is 2.95. The first-order valence-corrected chi connectivity index (χ1v) is 5.67. The van der Waals surface area contributed by atoms with E-state index in [-0.39, 0.29) is 0 Å². The van der Waals surface area contributed by atoms with Gasteiger partial charge in [-0.2, -0.15) is 5.26 Å². The van der Waals surface area contributed by atoms with E-state index in [1.165, 1.54) is 0 Å². The van der Waals surface area contributed by atoms with E-state index < -0.39 is 0 Å². The number of nitrogens with zero attached hydrogens (tertiary/aromatic N) is 3. The molecular weight excluding hydrogens is 220 g/mol. The number of pyridine rings is 1. The lowest BCUT2D eigenvalue weighted by molar-refractivity contribution is 1.07. The minimum absolute atomic E-state index is 0.417. The van der Waals surface area contributed by atoms with Crippen LogP contribution in [-0.2, 0) is 6.54 Å². The van der Waals surface area contributed by atoms with Crippen molar-refractivity contribution in [1.82, 2.24) is 9.97 Å². The van der Waals surface area contributed by atoms with Gasteiger partial charge in [0.2, 0.25) is 0 Å². The van der Waals surface area contributed by atoms with Gasteiger partial charge in [0.25, 0.3) is 0 Å². The fourth-order valence-corrected chi connectivity index (χ4v) is 1.97. The van der Waals surface area contributed by atoms with Crippen LogP contribution in [-0.4, -0.2) is 9.97 Å². The lowest BCUT2D eigenvalue weighted by atomic mass is 10.3. The smallest absolute Gasteiger partial charge is 0.142 e. The fourth-order valence-electron chi connectivity index (χ4n) is 1.26. The van der Waals surface area contributed by atoms with Gasteiger partial charge < -0.3 is 5.32 Å². The van der Waals surface area contributed by atoms with Crippen molar-refractivity contribution in [3.05, 3.63) is 40.1 Å². The highest BCUT2D eigenvalue weighted by Crippen LogP contribution is 2.12. The lowest BCUT2D eigenvalue weighted by Gasteiger charge is -2.03. The quantitative estimate of drug-likeness (QED) is 0.879. The van der Waals surface area contributed by atoms with Crippen LogP contribution in [0.4, 0.5) is 5.69 Å². The maximum absolute atomic E-state index is 8.70. The number of rotatable bonds is 3. The summed E-state index contributed by atoms with van der Waals surface area (Å²) in [7, 11) is 0. The molecule has 80 valence electrons. The van der Waals surface area contributed by atoms with Crippen LogP contribution in [0.5, 0.6) is 0 Å². The first kappa shape index (κ1) is 10.6. The highest BCUT2D eigenvalue weighted by Gasteiger charge is 1.99. The molecule has 1 N–H and O–H groups in total. The third-order valence-electron chi connectivity index (χ3n) is 1.98. The van der Waals surface area contributed by atoms with Crippen LogP contribution in [0, 0.1) is 18.3 Å². The Morgan fingerprint density at radius 3 is 3.12 bits per heavy atom. The molecule has 5 heteroatoms. The van der Waals surface area contributed by atoms with Crippen LogP contribution >= 0.6 is 11.3 Å². The SMILES string of the molecule is Cc1csc(CNc2ccnc(C#N)c2)n1. The van der Waals surface area contributed by atoms with Crippen molar-refractivity contribution in [3.8, 4) is 6.07 Å². The number of anilines is 1. The summed E-state index contributed by atoms with van der Waals surface area (Å²) in [5, 5.41) is 15.0. The molecule has 2 aromatic rings. The molecule has 0 fully saturated rings. The van der Waals surface area contributed by atoms with Crippen LogP contribution in [0.1, 0.15) is 16.4 Å². The largest absolute Gasteiger partial charge is 0.378 e. The molecule has 2 aromatic heterocycles. The van der Waals surface area contributed by atoms with E-state index in [2.05, 4.69) is 15.3 Å². The van der Waals surface area contributed by atoms with Crippen LogP contribution < -0.4 is 5.32 Å². The van der Waals surface area contributed by atoms with E-state index in [9.17, 15) is 0 Å². The first-order chi connectivity index (χ1) is 7.78. The molecule has 0 aliphatic carbocycles. The molecule has 2 heterocycles. The van der Waals surface area contributed by atoms with Gasteiger partial charge in [-0.25, -0.2) is 9.97 Å². The van der Waals surface area contributed by atoms with E-state index >= 15 is 0 Å². The van der Waals surface area contributed by atoms with Crippen molar-refractivity contribution in [2.24, 2.45) is 0 Å². The van der Waals surface area contributed by atoms with Gasteiger partial charge in [-0.3, -0.25) is 0 Å². The first-order valence-electron chi connectivity index (χ1n) is 4.79. The summed E-state index contributed by atoms with van der Waals surface area (Å²) in [5.74, 6) is 0. The summed E-state index contributed by atoms with van der Waals surface area (Å²) in [5.41, 5.74) is 2.34. The highest BCUT2D eigenvalue weighted by molar-refractivity contribution is 7.09. The zero-order chi connectivity index (χ0) is 11.4. The van der Waals surface area contributed by atoms with E-state index in [0.717, 1.165) is 16.4 Å². The minimum atomic E-state index is 0.417. The molecule has 2 rings (SSSR count). The van der Waals surface area contributed by atoms with Gasteiger partial charge in [0.1, 0.15) is 16.8 Å². The molecule has 0 saturated carbocycles. The zero-order valence-corrected chi connectivity index (χ0v) is 9.58. The van der Waals surface area contributed by atoms with Crippen LogP contribution in [0.25, 0.3) is 0 Å². The van der Waals surface area contributed by atoms with Crippen LogP contribution in [0.15, 0.2) is 23.7 Å². The third kappa shape index (κ3) is 2.55. The second-order valence-electron chi connectivity index (χ2n) is 3.28. The van der Waals surface area contributed by atoms with Gasteiger partial charge >= 0.3 is 0 Å². The Kier molecular flexibility index (Phi) is 3.13. The van der Waals surface area contributed by atoms with Gasteiger partial charge in [-0.1, -0.05) is 0 Å². The monoisotopic (exact) mass is 230 g/mol. The number of hydrogen-bond donors (Lipinski definition) is 1. The van der Waals surface area contributed by atoms with Crippen molar-refractivity contribution in [2.45, 2.75) is 13.5 Å². The summed E-state index contributed by atoms with van der Waals surface area (Å²) in [6.45, 7) is 2.65. The van der Waals surface area contributed by atoms with Crippen LogP contribution in [0.3, 0.4) is 0 Å². The van der Waals surface area contributed by atoms with Crippen molar-refractivity contribution in [1.29, 1.82) is 5.26 Å². The number of nitrogens with one attached hydrogen (secondary N) is 1. The topological polar surface area (TPSA) is 61.6 Å². The Balaban J connectivity index is 2.02. The Morgan fingerprint density at radius 1 is 1.56 bits per heavy atom.